The summed E-state index contributed by atoms with van der Waals surface area (Å²) >= 11 is 7.47. The molecule has 0 aliphatic rings. The first-order valence-corrected chi connectivity index (χ1v) is 7.41. The van der Waals surface area contributed by atoms with Crippen molar-refractivity contribution in [2.45, 2.75) is 18.6 Å². The lowest BCUT2D eigenvalue weighted by Gasteiger charge is -2.18. The van der Waals surface area contributed by atoms with Gasteiger partial charge in [0.1, 0.15) is 11.0 Å². The minimum absolute atomic E-state index is 0.457. The molecule has 2 aromatic heterocycles. The van der Waals surface area contributed by atoms with Crippen molar-refractivity contribution >= 4 is 29.2 Å². The van der Waals surface area contributed by atoms with Crippen LogP contribution in [-0.2, 0) is 6.54 Å². The van der Waals surface area contributed by atoms with Crippen molar-refractivity contribution in [3.8, 4) is 0 Å². The van der Waals surface area contributed by atoms with Gasteiger partial charge in [0, 0.05) is 18.8 Å². The van der Waals surface area contributed by atoms with Crippen LogP contribution in [0, 0.1) is 6.92 Å². The summed E-state index contributed by atoms with van der Waals surface area (Å²) in [5.74, 6) is 0.799. The summed E-state index contributed by atoms with van der Waals surface area (Å²) in [4.78, 5) is 15.1. The van der Waals surface area contributed by atoms with E-state index < -0.39 is 0 Å². The second-order valence-electron chi connectivity index (χ2n) is 4.16. The van der Waals surface area contributed by atoms with Crippen molar-refractivity contribution in [3.63, 3.8) is 0 Å². The highest BCUT2D eigenvalue weighted by molar-refractivity contribution is 7.98. The van der Waals surface area contributed by atoms with Crippen LogP contribution < -0.4 is 4.90 Å². The topological polar surface area (TPSA) is 41.9 Å². The zero-order valence-electron chi connectivity index (χ0n) is 11.1. The van der Waals surface area contributed by atoms with Crippen LogP contribution in [0.3, 0.4) is 0 Å². The van der Waals surface area contributed by atoms with E-state index in [4.69, 9.17) is 11.6 Å². The Kier molecular flexibility index (Phi) is 4.61. The van der Waals surface area contributed by atoms with Gasteiger partial charge in [0.15, 0.2) is 5.16 Å². The SMILES string of the molecule is CSc1nc(Cl)cc(N(C)Cc2cccc(C)n2)n1. The average Bonchev–Trinajstić information content (AvgIpc) is 2.38. The fourth-order valence-electron chi connectivity index (χ4n) is 1.68. The van der Waals surface area contributed by atoms with Gasteiger partial charge in [0.2, 0.25) is 0 Å². The first-order valence-electron chi connectivity index (χ1n) is 5.80. The number of rotatable bonds is 4. The number of thioether (sulfide) groups is 1. The van der Waals surface area contributed by atoms with Gasteiger partial charge in [-0.25, -0.2) is 9.97 Å². The fraction of sp³-hybridized carbons (Fsp3) is 0.308. The molecule has 2 rings (SSSR count). The lowest BCUT2D eigenvalue weighted by molar-refractivity contribution is 0.832. The predicted octanol–water partition coefficient (Wildman–Crippen LogP) is 3.19. The molecule has 4 nitrogen and oxygen atoms in total. The molecule has 6 heteroatoms. The van der Waals surface area contributed by atoms with E-state index in [0.29, 0.717) is 16.9 Å². The molecule has 0 unspecified atom stereocenters. The molecule has 0 atom stereocenters. The highest BCUT2D eigenvalue weighted by atomic mass is 35.5. The predicted molar refractivity (Wildman–Crippen MR) is 79.9 cm³/mol. The van der Waals surface area contributed by atoms with Crippen molar-refractivity contribution in [1.29, 1.82) is 0 Å². The third-order valence-electron chi connectivity index (χ3n) is 2.58. The Balaban J connectivity index is 2.20. The molecule has 2 heterocycles. The first-order chi connectivity index (χ1) is 9.08. The monoisotopic (exact) mass is 294 g/mol. The van der Waals surface area contributed by atoms with Gasteiger partial charge in [0.05, 0.1) is 12.2 Å². The molecule has 0 saturated carbocycles. The number of hydrogen-bond acceptors (Lipinski definition) is 5. The van der Waals surface area contributed by atoms with E-state index in [0.717, 1.165) is 17.2 Å². The number of halogens is 1. The molecule has 0 fully saturated rings. The van der Waals surface area contributed by atoms with E-state index in [1.807, 2.05) is 43.3 Å². The van der Waals surface area contributed by atoms with Crippen LogP contribution in [0.15, 0.2) is 29.4 Å². The van der Waals surface area contributed by atoms with Crippen LogP contribution in [0.2, 0.25) is 5.15 Å². The first kappa shape index (κ1) is 14.1. The summed E-state index contributed by atoms with van der Waals surface area (Å²) in [6.07, 6.45) is 1.93. The molecule has 19 heavy (non-hydrogen) atoms. The second kappa shape index (κ2) is 6.21. The maximum absolute atomic E-state index is 5.99. The Labute approximate surface area is 122 Å². The summed E-state index contributed by atoms with van der Waals surface area (Å²) in [6, 6.07) is 7.75. The van der Waals surface area contributed by atoms with Gasteiger partial charge in [-0.2, -0.15) is 0 Å². The number of hydrogen-bond donors (Lipinski definition) is 0. The van der Waals surface area contributed by atoms with Crippen molar-refractivity contribution in [2.24, 2.45) is 0 Å². The Hall–Kier alpha value is -1.33. The quantitative estimate of drug-likeness (QED) is 0.492. The Morgan fingerprint density at radius 2 is 2.05 bits per heavy atom. The number of nitrogens with zero attached hydrogens (tertiary/aromatic N) is 4. The van der Waals surface area contributed by atoms with Crippen molar-refractivity contribution in [3.05, 3.63) is 40.8 Å². The van der Waals surface area contributed by atoms with Gasteiger partial charge in [-0.3, -0.25) is 4.98 Å². The van der Waals surface area contributed by atoms with Gasteiger partial charge < -0.3 is 4.90 Å². The summed E-state index contributed by atoms with van der Waals surface area (Å²) in [6.45, 7) is 2.67. The molecule has 0 aliphatic carbocycles. The molecule has 0 radical (unpaired) electrons. The third-order valence-corrected chi connectivity index (χ3v) is 3.32. The van der Waals surface area contributed by atoms with E-state index in [1.54, 1.807) is 6.07 Å². The summed E-state index contributed by atoms with van der Waals surface area (Å²) in [5.41, 5.74) is 2.01. The van der Waals surface area contributed by atoms with E-state index in [9.17, 15) is 0 Å². The maximum Gasteiger partial charge on any atom is 0.190 e. The largest absolute Gasteiger partial charge is 0.354 e. The van der Waals surface area contributed by atoms with E-state index in [-0.39, 0.29) is 0 Å². The maximum atomic E-state index is 5.99. The lowest BCUT2D eigenvalue weighted by atomic mass is 10.3. The highest BCUT2D eigenvalue weighted by Crippen LogP contribution is 2.20. The second-order valence-corrected chi connectivity index (χ2v) is 5.32. The molecule has 0 N–H and O–H groups in total. The van der Waals surface area contributed by atoms with Crippen LogP contribution in [0.4, 0.5) is 5.82 Å². The van der Waals surface area contributed by atoms with Crippen molar-refractivity contribution in [1.82, 2.24) is 15.0 Å². The van der Waals surface area contributed by atoms with Gasteiger partial charge >= 0.3 is 0 Å². The van der Waals surface area contributed by atoms with E-state index in [2.05, 4.69) is 15.0 Å². The van der Waals surface area contributed by atoms with Crippen molar-refractivity contribution in [2.75, 3.05) is 18.2 Å². The molecule has 0 saturated heterocycles. The fourth-order valence-corrected chi connectivity index (χ4v) is 2.29. The summed E-state index contributed by atoms with van der Waals surface area (Å²) in [7, 11) is 1.97. The van der Waals surface area contributed by atoms with Crippen LogP contribution in [0.25, 0.3) is 0 Å². The van der Waals surface area contributed by atoms with E-state index in [1.165, 1.54) is 11.8 Å². The van der Waals surface area contributed by atoms with Crippen LogP contribution in [0.5, 0.6) is 0 Å². The normalized spacial score (nSPS) is 10.5. The molecular formula is C13H15ClN4S. The highest BCUT2D eigenvalue weighted by Gasteiger charge is 2.08. The van der Waals surface area contributed by atoms with Crippen LogP contribution >= 0.6 is 23.4 Å². The Morgan fingerprint density at radius 3 is 2.74 bits per heavy atom. The minimum atomic E-state index is 0.457. The third kappa shape index (κ3) is 3.81. The van der Waals surface area contributed by atoms with Crippen LogP contribution in [0.1, 0.15) is 11.4 Å². The minimum Gasteiger partial charge on any atom is -0.354 e. The summed E-state index contributed by atoms with van der Waals surface area (Å²) in [5, 5.41) is 1.13. The Morgan fingerprint density at radius 1 is 1.26 bits per heavy atom. The van der Waals surface area contributed by atoms with Gasteiger partial charge in [-0.05, 0) is 25.3 Å². The number of anilines is 1. The van der Waals surface area contributed by atoms with E-state index >= 15 is 0 Å². The smallest absolute Gasteiger partial charge is 0.190 e. The molecule has 100 valence electrons. The molecule has 0 bridgehead atoms. The average molecular weight is 295 g/mol. The van der Waals surface area contributed by atoms with Crippen molar-refractivity contribution < 1.29 is 0 Å². The van der Waals surface area contributed by atoms with Crippen LogP contribution in [-0.4, -0.2) is 28.3 Å². The number of pyridine rings is 1. The lowest BCUT2D eigenvalue weighted by Crippen LogP contribution is -2.19. The number of aromatic nitrogens is 3. The summed E-state index contributed by atoms with van der Waals surface area (Å²) < 4.78 is 0. The molecule has 0 amide bonds. The van der Waals surface area contributed by atoms with Gasteiger partial charge in [-0.15, -0.1) is 0 Å². The zero-order valence-corrected chi connectivity index (χ0v) is 12.7. The molecule has 0 spiro atoms. The standard InChI is InChI=1S/C13H15ClN4S/c1-9-5-4-6-10(15-9)8-18(2)12-7-11(14)16-13(17-12)19-3/h4-7H,8H2,1-3H3. The zero-order chi connectivity index (χ0) is 13.8. The van der Waals surface area contributed by atoms with Gasteiger partial charge in [-0.1, -0.05) is 29.4 Å². The Bertz CT molecular complexity index is 576. The number of aryl methyl sites for hydroxylation is 1. The molecule has 0 aromatic carbocycles. The molecular weight excluding hydrogens is 280 g/mol. The molecule has 0 aliphatic heterocycles. The molecule has 2 aromatic rings. The van der Waals surface area contributed by atoms with Gasteiger partial charge in [0.25, 0.3) is 0 Å².